The van der Waals surface area contributed by atoms with Crippen molar-refractivity contribution in [3.63, 3.8) is 0 Å². The Balaban J connectivity index is 1.66. The highest BCUT2D eigenvalue weighted by atomic mass is 16.5. The van der Waals surface area contributed by atoms with Gasteiger partial charge >= 0.3 is 0 Å². The van der Waals surface area contributed by atoms with Crippen molar-refractivity contribution in [2.24, 2.45) is 0 Å². The number of carbonyl (C=O) groups is 1. The lowest BCUT2D eigenvalue weighted by molar-refractivity contribution is 0.102. The van der Waals surface area contributed by atoms with Gasteiger partial charge in [-0.2, -0.15) is 0 Å². The molecule has 1 amide bonds. The Morgan fingerprint density at radius 3 is 2.20 bits per heavy atom. The summed E-state index contributed by atoms with van der Waals surface area (Å²) in [7, 11) is 0. The number of nitrogens with one attached hydrogen (secondary N) is 1. The number of nitrogens with zero attached hydrogens (tertiary/aromatic N) is 2. The fraction of sp³-hybridized carbons (Fsp3) is 0.150. The van der Waals surface area contributed by atoms with Crippen LogP contribution in [-0.4, -0.2) is 22.0 Å². The number of anilines is 1. The molecule has 0 spiro atoms. The van der Waals surface area contributed by atoms with Crippen molar-refractivity contribution in [2.45, 2.75) is 20.0 Å². The number of hydrogen-bond acceptors (Lipinski definition) is 4. The average Bonchev–Trinajstić information content (AvgIpc) is 2.63. The highest BCUT2D eigenvalue weighted by molar-refractivity contribution is 6.04. The zero-order chi connectivity index (χ0) is 17.6. The van der Waals surface area contributed by atoms with Crippen LogP contribution < -0.4 is 10.1 Å². The van der Waals surface area contributed by atoms with E-state index < -0.39 is 0 Å². The van der Waals surface area contributed by atoms with Gasteiger partial charge in [-0.1, -0.05) is 30.3 Å². The van der Waals surface area contributed by atoms with Crippen LogP contribution >= 0.6 is 0 Å². The van der Waals surface area contributed by atoms with Gasteiger partial charge in [0.25, 0.3) is 5.91 Å². The van der Waals surface area contributed by atoms with Gasteiger partial charge in [-0.15, -0.1) is 0 Å². The number of carbonyl (C=O) groups excluding carboxylic acids is 1. The minimum atomic E-state index is -0.216. The molecular weight excluding hydrogens is 314 g/mol. The molecule has 0 atom stereocenters. The number of hydrogen-bond donors (Lipinski definition) is 1. The van der Waals surface area contributed by atoms with Crippen LogP contribution in [0.25, 0.3) is 11.4 Å². The summed E-state index contributed by atoms with van der Waals surface area (Å²) in [6, 6.07) is 16.7. The second-order valence-electron chi connectivity index (χ2n) is 5.81. The van der Waals surface area contributed by atoms with E-state index in [1.165, 1.54) is 0 Å². The first-order valence-electron chi connectivity index (χ1n) is 8.07. The molecule has 1 N–H and O–H groups in total. The molecule has 0 aliphatic carbocycles. The van der Waals surface area contributed by atoms with Gasteiger partial charge in [0.2, 0.25) is 0 Å². The second kappa shape index (κ2) is 7.57. The molecule has 25 heavy (non-hydrogen) atoms. The first kappa shape index (κ1) is 16.6. The Labute approximate surface area is 146 Å². The lowest BCUT2D eigenvalue weighted by atomic mass is 10.2. The Kier molecular flexibility index (Phi) is 5.04. The maximum Gasteiger partial charge on any atom is 0.255 e. The number of amides is 1. The van der Waals surface area contributed by atoms with Crippen LogP contribution in [0, 0.1) is 0 Å². The number of aromatic nitrogens is 2. The van der Waals surface area contributed by atoms with Crippen LogP contribution in [-0.2, 0) is 0 Å². The van der Waals surface area contributed by atoms with Crippen molar-refractivity contribution >= 4 is 11.6 Å². The van der Waals surface area contributed by atoms with Crippen molar-refractivity contribution in [2.75, 3.05) is 5.32 Å². The molecule has 0 aliphatic rings. The van der Waals surface area contributed by atoms with E-state index in [0.717, 1.165) is 11.3 Å². The van der Waals surface area contributed by atoms with Crippen LogP contribution in [0.4, 0.5) is 5.69 Å². The molecule has 5 nitrogen and oxygen atoms in total. The first-order chi connectivity index (χ1) is 12.1. The molecule has 0 aliphatic heterocycles. The number of ether oxygens (including phenoxy) is 1. The zero-order valence-corrected chi connectivity index (χ0v) is 14.1. The van der Waals surface area contributed by atoms with Crippen molar-refractivity contribution in [3.8, 4) is 17.1 Å². The molecule has 126 valence electrons. The smallest absolute Gasteiger partial charge is 0.255 e. The van der Waals surface area contributed by atoms with Crippen molar-refractivity contribution < 1.29 is 9.53 Å². The second-order valence-corrected chi connectivity index (χ2v) is 5.81. The van der Waals surface area contributed by atoms with Gasteiger partial charge in [-0.25, -0.2) is 9.97 Å². The van der Waals surface area contributed by atoms with E-state index >= 15 is 0 Å². The molecule has 0 fully saturated rings. The van der Waals surface area contributed by atoms with Gasteiger partial charge < -0.3 is 10.1 Å². The van der Waals surface area contributed by atoms with Crippen molar-refractivity contribution in [1.82, 2.24) is 9.97 Å². The largest absolute Gasteiger partial charge is 0.491 e. The summed E-state index contributed by atoms with van der Waals surface area (Å²) in [5, 5.41) is 2.79. The Morgan fingerprint density at radius 1 is 0.960 bits per heavy atom. The highest BCUT2D eigenvalue weighted by Gasteiger charge is 2.08. The molecule has 1 heterocycles. The molecule has 1 aromatic heterocycles. The van der Waals surface area contributed by atoms with Crippen LogP contribution in [0.15, 0.2) is 67.0 Å². The normalized spacial score (nSPS) is 10.5. The van der Waals surface area contributed by atoms with Gasteiger partial charge in [-0.05, 0) is 38.1 Å². The standard InChI is InChI=1S/C20H19N3O2/c1-14(2)25-18-10-8-16(9-11-18)20(24)23-17-12-21-19(22-13-17)15-6-4-3-5-7-15/h3-14H,1-2H3,(H,23,24). The molecule has 0 bridgehead atoms. The minimum absolute atomic E-state index is 0.0972. The molecule has 5 heteroatoms. The summed E-state index contributed by atoms with van der Waals surface area (Å²) in [6.07, 6.45) is 3.30. The number of rotatable bonds is 5. The van der Waals surface area contributed by atoms with E-state index in [9.17, 15) is 4.79 Å². The molecule has 3 aromatic rings. The molecule has 0 saturated carbocycles. The van der Waals surface area contributed by atoms with Crippen LogP contribution in [0.2, 0.25) is 0 Å². The quantitative estimate of drug-likeness (QED) is 0.760. The summed E-state index contributed by atoms with van der Waals surface area (Å²) in [5.41, 5.74) is 2.02. The van der Waals surface area contributed by atoms with Crippen LogP contribution in [0.1, 0.15) is 24.2 Å². The predicted octanol–water partition coefficient (Wildman–Crippen LogP) is 4.18. The fourth-order valence-electron chi connectivity index (χ4n) is 2.29. The van der Waals surface area contributed by atoms with Gasteiger partial charge in [0.15, 0.2) is 5.82 Å². The third kappa shape index (κ3) is 4.41. The third-order valence-corrected chi connectivity index (χ3v) is 3.43. The van der Waals surface area contributed by atoms with E-state index in [1.54, 1.807) is 36.7 Å². The minimum Gasteiger partial charge on any atom is -0.491 e. The van der Waals surface area contributed by atoms with E-state index in [2.05, 4.69) is 15.3 Å². The number of benzene rings is 2. The van der Waals surface area contributed by atoms with Gasteiger partial charge in [0.1, 0.15) is 5.75 Å². The molecular formula is C20H19N3O2. The van der Waals surface area contributed by atoms with Gasteiger partial charge in [0, 0.05) is 11.1 Å². The zero-order valence-electron chi connectivity index (χ0n) is 14.1. The topological polar surface area (TPSA) is 64.1 Å². The van der Waals surface area contributed by atoms with E-state index in [4.69, 9.17) is 4.74 Å². The van der Waals surface area contributed by atoms with Gasteiger partial charge in [0.05, 0.1) is 24.2 Å². The SMILES string of the molecule is CC(C)Oc1ccc(C(=O)Nc2cnc(-c3ccccc3)nc2)cc1. The summed E-state index contributed by atoms with van der Waals surface area (Å²) in [4.78, 5) is 20.9. The lowest BCUT2D eigenvalue weighted by Gasteiger charge is -2.10. The van der Waals surface area contributed by atoms with E-state index in [0.29, 0.717) is 17.1 Å². The molecule has 0 saturated heterocycles. The summed E-state index contributed by atoms with van der Waals surface area (Å²) in [6.45, 7) is 3.92. The van der Waals surface area contributed by atoms with Gasteiger partial charge in [-0.3, -0.25) is 4.79 Å². The lowest BCUT2D eigenvalue weighted by Crippen LogP contribution is -2.12. The predicted molar refractivity (Wildman–Crippen MR) is 97.6 cm³/mol. The van der Waals surface area contributed by atoms with Crippen molar-refractivity contribution in [3.05, 3.63) is 72.6 Å². The summed E-state index contributed by atoms with van der Waals surface area (Å²) < 4.78 is 5.57. The molecule has 0 unspecified atom stereocenters. The van der Waals surface area contributed by atoms with Crippen LogP contribution in [0.5, 0.6) is 5.75 Å². The maximum absolute atomic E-state index is 12.3. The van der Waals surface area contributed by atoms with E-state index in [1.807, 2.05) is 44.2 Å². The third-order valence-electron chi connectivity index (χ3n) is 3.43. The van der Waals surface area contributed by atoms with Crippen LogP contribution in [0.3, 0.4) is 0 Å². The Hall–Kier alpha value is -3.21. The monoisotopic (exact) mass is 333 g/mol. The highest BCUT2D eigenvalue weighted by Crippen LogP contribution is 2.17. The Bertz CT molecular complexity index is 829. The molecule has 3 rings (SSSR count). The average molecular weight is 333 g/mol. The fourth-order valence-corrected chi connectivity index (χ4v) is 2.29. The summed E-state index contributed by atoms with van der Waals surface area (Å²) in [5.74, 6) is 1.14. The molecule has 0 radical (unpaired) electrons. The van der Waals surface area contributed by atoms with Crippen molar-refractivity contribution in [1.29, 1.82) is 0 Å². The summed E-state index contributed by atoms with van der Waals surface area (Å²) >= 11 is 0. The molecule has 2 aromatic carbocycles. The van der Waals surface area contributed by atoms with E-state index in [-0.39, 0.29) is 12.0 Å². The Morgan fingerprint density at radius 2 is 1.60 bits per heavy atom. The first-order valence-corrected chi connectivity index (χ1v) is 8.07. The maximum atomic E-state index is 12.3.